The lowest BCUT2D eigenvalue weighted by Gasteiger charge is -2.23. The summed E-state index contributed by atoms with van der Waals surface area (Å²) in [4.78, 5) is 27.7. The quantitative estimate of drug-likeness (QED) is 0.648. The Balaban J connectivity index is 0.000000487. The minimum atomic E-state index is 0.0547. The van der Waals surface area contributed by atoms with Gasteiger partial charge in [0.15, 0.2) is 0 Å². The summed E-state index contributed by atoms with van der Waals surface area (Å²) in [6.07, 6.45) is 8.06. The highest BCUT2D eigenvalue weighted by Crippen LogP contribution is 2.18. The van der Waals surface area contributed by atoms with Crippen molar-refractivity contribution < 1.29 is 9.59 Å². The largest absolute Gasteiger partial charge is 0.357 e. The van der Waals surface area contributed by atoms with E-state index in [-0.39, 0.29) is 24.2 Å². The SMILES string of the molecule is CC.CC(C)NC=O.CC1C(Cc2ccccc2)NC(=O)N1CCCn1ccnc1. The number of aromatic nitrogens is 2. The van der Waals surface area contributed by atoms with Gasteiger partial charge in [-0.3, -0.25) is 4.79 Å². The maximum Gasteiger partial charge on any atom is 0.318 e. The van der Waals surface area contributed by atoms with E-state index in [4.69, 9.17) is 0 Å². The van der Waals surface area contributed by atoms with Gasteiger partial charge in [0.1, 0.15) is 0 Å². The normalized spacial score (nSPS) is 17.4. The van der Waals surface area contributed by atoms with Crippen molar-refractivity contribution in [2.45, 2.75) is 72.1 Å². The van der Waals surface area contributed by atoms with E-state index in [1.807, 2.05) is 67.9 Å². The number of benzene rings is 1. The molecule has 166 valence electrons. The lowest BCUT2D eigenvalue weighted by atomic mass is 10.0. The van der Waals surface area contributed by atoms with Gasteiger partial charge >= 0.3 is 6.03 Å². The van der Waals surface area contributed by atoms with Gasteiger partial charge in [-0.15, -0.1) is 0 Å². The molecule has 2 aromatic rings. The summed E-state index contributed by atoms with van der Waals surface area (Å²) in [7, 11) is 0. The summed E-state index contributed by atoms with van der Waals surface area (Å²) < 4.78 is 2.04. The second kappa shape index (κ2) is 14.2. The number of hydrogen-bond donors (Lipinski definition) is 2. The van der Waals surface area contributed by atoms with Crippen LogP contribution in [0.15, 0.2) is 49.1 Å². The highest BCUT2D eigenvalue weighted by molar-refractivity contribution is 5.77. The first-order chi connectivity index (χ1) is 14.5. The third-order valence-electron chi connectivity index (χ3n) is 4.72. The molecule has 0 bridgehead atoms. The van der Waals surface area contributed by atoms with Crippen LogP contribution in [0.1, 0.15) is 46.6 Å². The summed E-state index contributed by atoms with van der Waals surface area (Å²) in [5, 5.41) is 5.64. The van der Waals surface area contributed by atoms with Crippen LogP contribution in [0, 0.1) is 0 Å². The van der Waals surface area contributed by atoms with Gasteiger partial charge in [-0.05, 0) is 39.2 Å². The predicted octanol–water partition coefficient (Wildman–Crippen LogP) is 3.47. The molecule has 1 aromatic heterocycles. The standard InChI is InChI=1S/C17H22N4O.C4H9NO.C2H6/c1-14-16(12-15-6-3-2-4-7-15)19-17(22)21(14)10-5-9-20-11-8-18-13-20;1-4(2)5-3-6;1-2/h2-4,6-8,11,13-14,16H,5,9-10,12H2,1H3,(H,19,22);3-4H,1-2H3,(H,5,6);1-2H3. The Morgan fingerprint density at radius 3 is 2.43 bits per heavy atom. The molecule has 1 fully saturated rings. The third kappa shape index (κ3) is 8.68. The minimum absolute atomic E-state index is 0.0547. The Morgan fingerprint density at radius 2 is 1.90 bits per heavy atom. The highest BCUT2D eigenvalue weighted by Gasteiger charge is 2.35. The maximum atomic E-state index is 12.2. The minimum Gasteiger partial charge on any atom is -0.357 e. The number of nitrogens with zero attached hydrogens (tertiary/aromatic N) is 3. The summed E-state index contributed by atoms with van der Waals surface area (Å²) in [6.45, 7) is 11.6. The Hall–Kier alpha value is -2.83. The van der Waals surface area contributed by atoms with Crippen LogP contribution in [0.5, 0.6) is 0 Å². The molecular weight excluding hydrogens is 378 g/mol. The van der Waals surface area contributed by atoms with Crippen molar-refractivity contribution in [1.29, 1.82) is 0 Å². The van der Waals surface area contributed by atoms with Crippen LogP contribution in [0.25, 0.3) is 0 Å². The Labute approximate surface area is 180 Å². The molecule has 7 nitrogen and oxygen atoms in total. The molecule has 2 N–H and O–H groups in total. The number of rotatable bonds is 8. The number of imidazole rings is 1. The fraction of sp³-hybridized carbons (Fsp3) is 0.522. The molecule has 2 unspecified atom stereocenters. The first-order valence-corrected chi connectivity index (χ1v) is 10.8. The van der Waals surface area contributed by atoms with E-state index in [9.17, 15) is 9.59 Å². The van der Waals surface area contributed by atoms with Crippen molar-refractivity contribution in [2.75, 3.05) is 6.54 Å². The van der Waals surface area contributed by atoms with Gasteiger partial charge in [0.2, 0.25) is 6.41 Å². The highest BCUT2D eigenvalue weighted by atomic mass is 16.2. The van der Waals surface area contributed by atoms with Gasteiger partial charge in [0.05, 0.1) is 18.4 Å². The molecule has 1 aliphatic heterocycles. The number of carbonyl (C=O) groups is 2. The van der Waals surface area contributed by atoms with Gasteiger partial charge in [0.25, 0.3) is 0 Å². The van der Waals surface area contributed by atoms with Crippen LogP contribution in [-0.2, 0) is 17.8 Å². The second-order valence-corrected chi connectivity index (χ2v) is 7.27. The summed E-state index contributed by atoms with van der Waals surface area (Å²) >= 11 is 0. The molecule has 7 heteroatoms. The van der Waals surface area contributed by atoms with Crippen LogP contribution in [0.2, 0.25) is 0 Å². The number of nitrogens with one attached hydrogen (secondary N) is 2. The van der Waals surface area contributed by atoms with Crippen LogP contribution < -0.4 is 10.6 Å². The van der Waals surface area contributed by atoms with Crippen molar-refractivity contribution in [2.24, 2.45) is 0 Å². The first kappa shape index (κ1) is 25.2. The molecule has 1 saturated heterocycles. The molecule has 3 amide bonds. The molecule has 3 rings (SSSR count). The van der Waals surface area contributed by atoms with Gasteiger partial charge < -0.3 is 20.1 Å². The number of hydrogen-bond acceptors (Lipinski definition) is 3. The van der Waals surface area contributed by atoms with E-state index in [0.29, 0.717) is 6.41 Å². The average Bonchev–Trinajstić information content (AvgIpc) is 3.34. The summed E-state index contributed by atoms with van der Waals surface area (Å²) in [5.74, 6) is 0. The fourth-order valence-corrected chi connectivity index (χ4v) is 3.14. The summed E-state index contributed by atoms with van der Waals surface area (Å²) in [6, 6.07) is 11.1. The summed E-state index contributed by atoms with van der Waals surface area (Å²) in [5.41, 5.74) is 1.26. The smallest absolute Gasteiger partial charge is 0.318 e. The number of aryl methyl sites for hydroxylation is 1. The van der Waals surface area contributed by atoms with E-state index >= 15 is 0 Å². The fourth-order valence-electron chi connectivity index (χ4n) is 3.14. The average molecular weight is 416 g/mol. The van der Waals surface area contributed by atoms with Crippen LogP contribution >= 0.6 is 0 Å². The van der Waals surface area contributed by atoms with Crippen LogP contribution in [0.3, 0.4) is 0 Å². The molecule has 1 aromatic carbocycles. The molecule has 2 atom stereocenters. The van der Waals surface area contributed by atoms with E-state index in [1.54, 1.807) is 6.20 Å². The topological polar surface area (TPSA) is 79.3 Å². The van der Waals surface area contributed by atoms with E-state index in [2.05, 4.69) is 34.7 Å². The van der Waals surface area contributed by atoms with Crippen LogP contribution in [-0.4, -0.2) is 51.6 Å². The number of urea groups is 1. The molecule has 1 aliphatic rings. The van der Waals surface area contributed by atoms with Gasteiger partial charge in [-0.1, -0.05) is 44.2 Å². The zero-order valence-electron chi connectivity index (χ0n) is 18.9. The zero-order valence-corrected chi connectivity index (χ0v) is 18.9. The number of carbonyl (C=O) groups excluding carboxylic acids is 2. The van der Waals surface area contributed by atoms with Crippen molar-refractivity contribution >= 4 is 12.4 Å². The molecule has 0 radical (unpaired) electrons. The van der Waals surface area contributed by atoms with Crippen LogP contribution in [0.4, 0.5) is 4.79 Å². The second-order valence-electron chi connectivity index (χ2n) is 7.27. The van der Waals surface area contributed by atoms with Crippen molar-refractivity contribution in [1.82, 2.24) is 25.1 Å². The lowest BCUT2D eigenvalue weighted by Crippen LogP contribution is -2.36. The monoisotopic (exact) mass is 415 g/mol. The molecule has 30 heavy (non-hydrogen) atoms. The van der Waals surface area contributed by atoms with Gasteiger partial charge in [-0.2, -0.15) is 0 Å². The Kier molecular flexibility index (Phi) is 11.9. The van der Waals surface area contributed by atoms with Crippen molar-refractivity contribution in [3.63, 3.8) is 0 Å². The zero-order chi connectivity index (χ0) is 22.4. The predicted molar refractivity (Wildman–Crippen MR) is 121 cm³/mol. The molecule has 2 heterocycles. The van der Waals surface area contributed by atoms with Gasteiger partial charge in [-0.25, -0.2) is 9.78 Å². The van der Waals surface area contributed by atoms with Crippen molar-refractivity contribution in [3.05, 3.63) is 54.6 Å². The Morgan fingerprint density at radius 1 is 1.20 bits per heavy atom. The molecular formula is C23H37N5O2. The molecule has 0 aliphatic carbocycles. The van der Waals surface area contributed by atoms with Gasteiger partial charge in [0, 0.05) is 31.5 Å². The van der Waals surface area contributed by atoms with E-state index in [1.165, 1.54) is 5.56 Å². The lowest BCUT2D eigenvalue weighted by molar-refractivity contribution is -0.109. The first-order valence-electron chi connectivity index (χ1n) is 10.8. The van der Waals surface area contributed by atoms with E-state index in [0.717, 1.165) is 25.9 Å². The molecule has 0 spiro atoms. The Bertz CT molecular complexity index is 704. The molecule has 0 saturated carbocycles. The van der Waals surface area contributed by atoms with Crippen molar-refractivity contribution in [3.8, 4) is 0 Å². The van der Waals surface area contributed by atoms with E-state index < -0.39 is 0 Å². The third-order valence-corrected chi connectivity index (χ3v) is 4.72. The maximum absolute atomic E-state index is 12.2. The number of amides is 3.